The van der Waals surface area contributed by atoms with Crippen LogP contribution in [0.3, 0.4) is 0 Å². The molecule has 1 fully saturated rings. The predicted molar refractivity (Wildman–Crippen MR) is 121 cm³/mol. The number of nitrogens with one attached hydrogen (secondary N) is 1. The van der Waals surface area contributed by atoms with Crippen molar-refractivity contribution in [2.45, 2.75) is 25.8 Å². The lowest BCUT2D eigenvalue weighted by molar-refractivity contribution is -0.128. The summed E-state index contributed by atoms with van der Waals surface area (Å²) in [6.45, 7) is 3.76. The van der Waals surface area contributed by atoms with E-state index >= 15 is 0 Å². The van der Waals surface area contributed by atoms with Gasteiger partial charge in [-0.2, -0.15) is 0 Å². The van der Waals surface area contributed by atoms with Crippen LogP contribution in [0.5, 0.6) is 0 Å². The first-order chi connectivity index (χ1) is 14.9. The van der Waals surface area contributed by atoms with Crippen LogP contribution in [0.1, 0.15) is 25.3 Å². The Morgan fingerprint density at radius 3 is 2.87 bits per heavy atom. The second kappa shape index (κ2) is 10.2. The summed E-state index contributed by atoms with van der Waals surface area (Å²) in [6, 6.07) is 4.69. The molecule has 31 heavy (non-hydrogen) atoms. The molecule has 0 bridgehead atoms. The molecule has 1 unspecified atom stereocenters. The number of hydrogen-bond donors (Lipinski definition) is 3. The van der Waals surface area contributed by atoms with Gasteiger partial charge in [-0.3, -0.25) is 9.79 Å². The Bertz CT molecular complexity index is 947. The number of allylic oxidation sites excluding steroid dienone is 1. The fourth-order valence-corrected chi connectivity index (χ4v) is 3.65. The number of rotatable bonds is 6. The van der Waals surface area contributed by atoms with Gasteiger partial charge >= 0.3 is 0 Å². The van der Waals surface area contributed by atoms with Crippen LogP contribution in [0.2, 0.25) is 0 Å². The zero-order valence-electron chi connectivity index (χ0n) is 17.9. The number of ether oxygens (including phenoxy) is 1. The molecule has 0 aliphatic carbocycles. The van der Waals surface area contributed by atoms with Crippen molar-refractivity contribution in [1.82, 2.24) is 10.2 Å². The maximum absolute atomic E-state index is 14.5. The third-order valence-electron chi connectivity index (χ3n) is 5.38. The molecule has 1 atom stereocenters. The van der Waals surface area contributed by atoms with E-state index in [-0.39, 0.29) is 23.5 Å². The SMILES string of the molecule is CN=CC(=CN)c1ccc(F)c(N=C(N)C2=C(NC3CCOC3)CCN(C(C)=O)C2)c1. The van der Waals surface area contributed by atoms with Gasteiger partial charge in [0.1, 0.15) is 17.3 Å². The number of amides is 1. The summed E-state index contributed by atoms with van der Waals surface area (Å²) in [6.07, 6.45) is 4.51. The normalized spacial score (nSPS) is 20.6. The van der Waals surface area contributed by atoms with Gasteiger partial charge in [-0.15, -0.1) is 0 Å². The molecule has 3 rings (SSSR count). The molecule has 166 valence electrons. The highest BCUT2D eigenvalue weighted by molar-refractivity contribution is 6.10. The number of hydrogen-bond acceptors (Lipinski definition) is 6. The molecule has 1 aromatic rings. The van der Waals surface area contributed by atoms with Gasteiger partial charge in [-0.05, 0) is 24.1 Å². The van der Waals surface area contributed by atoms with Crippen molar-refractivity contribution >= 4 is 29.2 Å². The number of carbonyl (C=O) groups is 1. The van der Waals surface area contributed by atoms with Crippen molar-refractivity contribution in [3.05, 3.63) is 47.0 Å². The number of nitrogens with two attached hydrogens (primary N) is 2. The van der Waals surface area contributed by atoms with Crippen LogP contribution in [0, 0.1) is 5.82 Å². The van der Waals surface area contributed by atoms with E-state index in [4.69, 9.17) is 16.2 Å². The lowest BCUT2D eigenvalue weighted by Gasteiger charge is -2.31. The minimum atomic E-state index is -0.505. The molecule has 1 amide bonds. The maximum atomic E-state index is 14.5. The van der Waals surface area contributed by atoms with Gasteiger partial charge in [0.25, 0.3) is 0 Å². The van der Waals surface area contributed by atoms with E-state index in [1.54, 1.807) is 30.3 Å². The summed E-state index contributed by atoms with van der Waals surface area (Å²) < 4.78 is 20.0. The fourth-order valence-electron chi connectivity index (χ4n) is 3.65. The second-order valence-electron chi connectivity index (χ2n) is 7.53. The maximum Gasteiger partial charge on any atom is 0.219 e. The summed E-state index contributed by atoms with van der Waals surface area (Å²) in [5.74, 6) is -0.376. The molecule has 0 saturated carbocycles. The highest BCUT2D eigenvalue weighted by Gasteiger charge is 2.26. The van der Waals surface area contributed by atoms with Crippen molar-refractivity contribution in [2.75, 3.05) is 33.4 Å². The van der Waals surface area contributed by atoms with Gasteiger partial charge in [0.05, 0.1) is 19.2 Å². The molecule has 1 aromatic carbocycles. The van der Waals surface area contributed by atoms with Gasteiger partial charge in [0.15, 0.2) is 0 Å². The van der Waals surface area contributed by atoms with Crippen molar-refractivity contribution in [3.63, 3.8) is 0 Å². The van der Waals surface area contributed by atoms with E-state index in [1.165, 1.54) is 19.2 Å². The molecule has 2 aliphatic rings. The van der Waals surface area contributed by atoms with Crippen molar-refractivity contribution in [2.24, 2.45) is 21.5 Å². The van der Waals surface area contributed by atoms with Crippen LogP contribution < -0.4 is 16.8 Å². The second-order valence-corrected chi connectivity index (χ2v) is 7.53. The number of benzene rings is 1. The Morgan fingerprint density at radius 2 is 2.23 bits per heavy atom. The number of carbonyl (C=O) groups excluding carboxylic acids is 1. The summed E-state index contributed by atoms with van der Waals surface area (Å²) in [5.41, 5.74) is 15.0. The Kier molecular flexibility index (Phi) is 7.41. The molecule has 2 aliphatic heterocycles. The molecule has 2 heterocycles. The van der Waals surface area contributed by atoms with E-state index in [2.05, 4.69) is 15.3 Å². The number of aliphatic imine (C=N–C) groups is 2. The monoisotopic (exact) mass is 428 g/mol. The average molecular weight is 429 g/mol. The molecule has 0 spiro atoms. The minimum absolute atomic E-state index is 0.0432. The first kappa shape index (κ1) is 22.5. The van der Waals surface area contributed by atoms with Crippen molar-refractivity contribution in [1.29, 1.82) is 0 Å². The first-order valence-corrected chi connectivity index (χ1v) is 10.2. The first-order valence-electron chi connectivity index (χ1n) is 10.2. The van der Waals surface area contributed by atoms with Gasteiger partial charge in [0, 0.05) is 62.8 Å². The highest BCUT2D eigenvalue weighted by Crippen LogP contribution is 2.25. The standard InChI is InChI=1S/C22H29FN6O2/c1-14(30)29-7-5-20(27-17-6-8-31-13-17)18(12-29)22(25)28-21-9-15(3-4-19(21)23)16(10-24)11-26-2/h3-4,9-11,17,27H,5-8,12-13,24H2,1-2H3,(H2,25,28). The third-order valence-corrected chi connectivity index (χ3v) is 5.38. The smallest absolute Gasteiger partial charge is 0.219 e. The average Bonchev–Trinajstić information content (AvgIpc) is 3.27. The molecule has 5 N–H and O–H groups in total. The van der Waals surface area contributed by atoms with Gasteiger partial charge in [-0.1, -0.05) is 6.07 Å². The lowest BCUT2D eigenvalue weighted by Crippen LogP contribution is -2.43. The van der Waals surface area contributed by atoms with E-state index in [9.17, 15) is 9.18 Å². The lowest BCUT2D eigenvalue weighted by atomic mass is 10.0. The zero-order valence-corrected chi connectivity index (χ0v) is 17.9. The van der Waals surface area contributed by atoms with Crippen LogP contribution in [-0.4, -0.2) is 62.3 Å². The summed E-state index contributed by atoms with van der Waals surface area (Å²) in [4.78, 5) is 22.0. The van der Waals surface area contributed by atoms with Gasteiger partial charge in [-0.25, -0.2) is 9.38 Å². The van der Waals surface area contributed by atoms with Crippen molar-refractivity contribution < 1.29 is 13.9 Å². The number of amidine groups is 1. The Balaban J connectivity index is 1.97. The number of nitrogens with zero attached hydrogens (tertiary/aromatic N) is 3. The molecule has 0 radical (unpaired) electrons. The van der Waals surface area contributed by atoms with E-state index in [0.717, 1.165) is 12.1 Å². The topological polar surface area (TPSA) is 118 Å². The van der Waals surface area contributed by atoms with Crippen LogP contribution in [0.25, 0.3) is 5.57 Å². The molecule has 9 heteroatoms. The number of halogens is 1. The molecule has 0 aromatic heterocycles. The Morgan fingerprint density at radius 1 is 1.42 bits per heavy atom. The minimum Gasteiger partial charge on any atom is -0.404 e. The summed E-state index contributed by atoms with van der Waals surface area (Å²) >= 11 is 0. The molecule has 1 saturated heterocycles. The van der Waals surface area contributed by atoms with E-state index < -0.39 is 5.82 Å². The largest absolute Gasteiger partial charge is 0.404 e. The Labute approximate surface area is 181 Å². The van der Waals surface area contributed by atoms with E-state index in [0.29, 0.717) is 49.4 Å². The van der Waals surface area contributed by atoms with E-state index in [1.807, 2.05) is 0 Å². The predicted octanol–water partition coefficient (Wildman–Crippen LogP) is 1.70. The van der Waals surface area contributed by atoms with Crippen LogP contribution in [-0.2, 0) is 9.53 Å². The van der Waals surface area contributed by atoms with Gasteiger partial charge in [0.2, 0.25) is 5.91 Å². The third kappa shape index (κ3) is 5.49. The highest BCUT2D eigenvalue weighted by atomic mass is 19.1. The van der Waals surface area contributed by atoms with Crippen LogP contribution in [0.4, 0.5) is 10.1 Å². The fraction of sp³-hybridized carbons (Fsp3) is 0.409. The zero-order chi connectivity index (χ0) is 22.4. The van der Waals surface area contributed by atoms with Crippen LogP contribution >= 0.6 is 0 Å². The summed E-state index contributed by atoms with van der Waals surface area (Å²) in [7, 11) is 1.63. The Hall–Kier alpha value is -3.20. The quantitative estimate of drug-likeness (QED) is 0.471. The van der Waals surface area contributed by atoms with Crippen molar-refractivity contribution in [3.8, 4) is 0 Å². The molecular weight excluding hydrogens is 399 g/mol. The molecular formula is C22H29FN6O2. The summed E-state index contributed by atoms with van der Waals surface area (Å²) in [5, 5.41) is 3.48. The van der Waals surface area contributed by atoms with Crippen LogP contribution in [0.15, 0.2) is 45.7 Å². The van der Waals surface area contributed by atoms with Gasteiger partial charge < -0.3 is 26.4 Å². The molecule has 8 nitrogen and oxygen atoms in total.